The predicted octanol–water partition coefficient (Wildman–Crippen LogP) is 3.82. The van der Waals surface area contributed by atoms with E-state index in [0.29, 0.717) is 17.4 Å². The van der Waals surface area contributed by atoms with Gasteiger partial charge in [0, 0.05) is 17.4 Å². The highest BCUT2D eigenvalue weighted by Gasteiger charge is 2.18. The Bertz CT molecular complexity index is 1270. The Morgan fingerprint density at radius 3 is 1.77 bits per heavy atom. The summed E-state index contributed by atoms with van der Waals surface area (Å²) in [6, 6.07) is 13.6. The number of hydrogen-bond acceptors (Lipinski definition) is 6. The number of nitrogens with zero attached hydrogens (tertiary/aromatic N) is 2. The lowest BCUT2D eigenvalue weighted by Gasteiger charge is -2.11. The van der Waals surface area contributed by atoms with Gasteiger partial charge in [-0.25, -0.2) is 26.8 Å². The maximum Gasteiger partial charge on any atom is 0.263 e. The highest BCUT2D eigenvalue weighted by atomic mass is 32.2. The summed E-state index contributed by atoms with van der Waals surface area (Å²) < 4.78 is 55.3. The van der Waals surface area contributed by atoms with Crippen LogP contribution < -0.4 is 9.44 Å². The zero-order chi connectivity index (χ0) is 22.8. The second-order valence-electron chi connectivity index (χ2n) is 7.40. The van der Waals surface area contributed by atoms with Crippen molar-refractivity contribution in [2.45, 2.75) is 43.4 Å². The lowest BCUT2D eigenvalue weighted by molar-refractivity contribution is 0.600. The molecule has 1 heterocycles. The summed E-state index contributed by atoms with van der Waals surface area (Å²) in [6.07, 6.45) is 0. The fraction of sp³-hybridized carbons (Fsp3) is 0.238. The van der Waals surface area contributed by atoms with E-state index in [9.17, 15) is 16.8 Å². The number of anilines is 2. The van der Waals surface area contributed by atoms with E-state index >= 15 is 0 Å². The van der Waals surface area contributed by atoms with Crippen molar-refractivity contribution in [3.8, 4) is 0 Å². The smallest absolute Gasteiger partial charge is 0.263 e. The molecule has 10 heteroatoms. The van der Waals surface area contributed by atoms with Crippen LogP contribution in [-0.4, -0.2) is 26.8 Å². The van der Waals surface area contributed by atoms with Crippen molar-refractivity contribution in [1.29, 1.82) is 0 Å². The number of nitrogens with one attached hydrogen (secondary N) is 2. The molecular formula is C21H24N4O4S2. The van der Waals surface area contributed by atoms with Crippen molar-refractivity contribution in [1.82, 2.24) is 9.97 Å². The fourth-order valence-electron chi connectivity index (χ4n) is 2.91. The summed E-state index contributed by atoms with van der Waals surface area (Å²) in [4.78, 5) is 8.28. The Labute approximate surface area is 182 Å². The number of sulfonamides is 2. The zero-order valence-electron chi connectivity index (χ0n) is 17.6. The van der Waals surface area contributed by atoms with Gasteiger partial charge in [0.2, 0.25) is 0 Å². The lowest BCUT2D eigenvalue weighted by atomic mass is 10.0. The average Bonchev–Trinajstić information content (AvgIpc) is 2.67. The van der Waals surface area contributed by atoms with Crippen molar-refractivity contribution < 1.29 is 16.8 Å². The van der Waals surface area contributed by atoms with Crippen molar-refractivity contribution in [2.75, 3.05) is 9.44 Å². The first-order valence-corrected chi connectivity index (χ1v) is 12.5. The number of aryl methyl sites for hydroxylation is 2. The molecule has 0 amide bonds. The second kappa shape index (κ2) is 8.64. The van der Waals surface area contributed by atoms with Crippen LogP contribution in [0.3, 0.4) is 0 Å². The average molecular weight is 461 g/mol. The van der Waals surface area contributed by atoms with Gasteiger partial charge >= 0.3 is 0 Å². The molecule has 0 saturated carbocycles. The first kappa shape index (κ1) is 22.7. The van der Waals surface area contributed by atoms with Gasteiger partial charge in [-0.15, -0.1) is 0 Å². The summed E-state index contributed by atoms with van der Waals surface area (Å²) in [5.41, 5.74) is 1.92. The minimum absolute atomic E-state index is 0.0225. The number of benzene rings is 2. The topological polar surface area (TPSA) is 118 Å². The molecule has 0 saturated heterocycles. The fourth-order valence-corrected chi connectivity index (χ4v) is 4.96. The van der Waals surface area contributed by atoms with Gasteiger partial charge < -0.3 is 0 Å². The molecule has 31 heavy (non-hydrogen) atoms. The summed E-state index contributed by atoms with van der Waals surface area (Å²) in [7, 11) is -7.68. The van der Waals surface area contributed by atoms with E-state index in [1.165, 1.54) is 30.3 Å². The molecule has 0 fully saturated rings. The zero-order valence-corrected chi connectivity index (χ0v) is 19.3. The normalized spacial score (nSPS) is 12.0. The van der Waals surface area contributed by atoms with Crippen LogP contribution in [0.15, 0.2) is 64.4 Å². The summed E-state index contributed by atoms with van der Waals surface area (Å²) >= 11 is 0. The van der Waals surface area contributed by atoms with E-state index in [4.69, 9.17) is 0 Å². The van der Waals surface area contributed by atoms with Gasteiger partial charge in [0.05, 0.1) is 9.79 Å². The molecular weight excluding hydrogens is 436 g/mol. The molecule has 0 aliphatic carbocycles. The van der Waals surface area contributed by atoms with Gasteiger partial charge in [0.25, 0.3) is 20.0 Å². The van der Waals surface area contributed by atoms with Gasteiger partial charge in [-0.2, -0.15) is 0 Å². The number of aromatic nitrogens is 2. The molecule has 0 unspecified atom stereocenters. The lowest BCUT2D eigenvalue weighted by Crippen LogP contribution is -2.15. The molecule has 0 atom stereocenters. The Morgan fingerprint density at radius 1 is 0.742 bits per heavy atom. The molecule has 2 aromatic carbocycles. The Balaban J connectivity index is 1.77. The van der Waals surface area contributed by atoms with Gasteiger partial charge in [-0.05, 0) is 61.7 Å². The van der Waals surface area contributed by atoms with Gasteiger partial charge in [-0.1, -0.05) is 26.0 Å². The van der Waals surface area contributed by atoms with Crippen LogP contribution in [0, 0.1) is 13.8 Å². The van der Waals surface area contributed by atoms with Crippen LogP contribution >= 0.6 is 0 Å². The van der Waals surface area contributed by atoms with Crippen molar-refractivity contribution in [3.05, 3.63) is 71.7 Å². The maximum atomic E-state index is 12.6. The van der Waals surface area contributed by atoms with Crippen molar-refractivity contribution >= 4 is 31.6 Å². The predicted molar refractivity (Wildman–Crippen MR) is 120 cm³/mol. The molecule has 0 aliphatic heterocycles. The molecule has 164 valence electrons. The van der Waals surface area contributed by atoms with Crippen LogP contribution in [-0.2, 0) is 20.0 Å². The molecule has 0 bridgehead atoms. The van der Waals surface area contributed by atoms with Crippen molar-refractivity contribution in [2.24, 2.45) is 0 Å². The highest BCUT2D eigenvalue weighted by molar-refractivity contribution is 7.93. The quantitative estimate of drug-likeness (QED) is 0.553. The Morgan fingerprint density at radius 2 is 1.26 bits per heavy atom. The highest BCUT2D eigenvalue weighted by Crippen LogP contribution is 2.22. The van der Waals surface area contributed by atoms with Gasteiger partial charge in [0.1, 0.15) is 11.6 Å². The largest absolute Gasteiger partial charge is 0.280 e. The molecule has 0 radical (unpaired) electrons. The number of rotatable bonds is 7. The van der Waals surface area contributed by atoms with Crippen molar-refractivity contribution in [3.63, 3.8) is 0 Å². The van der Waals surface area contributed by atoms with Crippen LogP contribution in [0.5, 0.6) is 0 Å². The monoisotopic (exact) mass is 460 g/mol. The standard InChI is InChI=1S/C21H24N4O4S2/c1-14(2)17-5-9-19(10-6-17)30(26,27)24-18-7-11-20(12-8-18)31(28,29)25-21-13-15(3)22-16(4)23-21/h5-14,24H,1-4H3,(H,22,23,25). The molecule has 8 nitrogen and oxygen atoms in total. The second-order valence-corrected chi connectivity index (χ2v) is 10.8. The summed E-state index contributed by atoms with van der Waals surface area (Å²) in [6.45, 7) is 7.46. The van der Waals surface area contributed by atoms with Crippen LogP contribution in [0.25, 0.3) is 0 Å². The van der Waals surface area contributed by atoms with E-state index < -0.39 is 20.0 Å². The number of hydrogen-bond donors (Lipinski definition) is 2. The maximum absolute atomic E-state index is 12.6. The van der Waals surface area contributed by atoms with E-state index in [1.54, 1.807) is 38.1 Å². The Kier molecular flexibility index (Phi) is 6.33. The molecule has 3 rings (SSSR count). The van der Waals surface area contributed by atoms with E-state index in [2.05, 4.69) is 19.4 Å². The molecule has 3 aromatic rings. The van der Waals surface area contributed by atoms with E-state index in [-0.39, 0.29) is 21.3 Å². The minimum Gasteiger partial charge on any atom is -0.280 e. The van der Waals surface area contributed by atoms with Gasteiger partial charge in [-0.3, -0.25) is 9.44 Å². The summed E-state index contributed by atoms with van der Waals surface area (Å²) in [5.74, 6) is 0.909. The third-order valence-corrected chi connectivity index (χ3v) is 7.25. The molecule has 0 spiro atoms. The van der Waals surface area contributed by atoms with Crippen LogP contribution in [0.2, 0.25) is 0 Å². The van der Waals surface area contributed by atoms with E-state index in [1.807, 2.05) is 13.8 Å². The third-order valence-electron chi connectivity index (χ3n) is 4.48. The molecule has 2 N–H and O–H groups in total. The van der Waals surface area contributed by atoms with Crippen LogP contribution in [0.1, 0.15) is 36.8 Å². The summed E-state index contributed by atoms with van der Waals surface area (Å²) in [5, 5.41) is 0. The molecule has 0 aliphatic rings. The minimum atomic E-state index is -3.89. The van der Waals surface area contributed by atoms with E-state index in [0.717, 1.165) is 5.56 Å². The SMILES string of the molecule is Cc1cc(NS(=O)(=O)c2ccc(NS(=O)(=O)c3ccc(C(C)C)cc3)cc2)nc(C)n1. The Hall–Kier alpha value is -2.98. The van der Waals surface area contributed by atoms with Crippen LogP contribution in [0.4, 0.5) is 11.5 Å². The van der Waals surface area contributed by atoms with Gasteiger partial charge in [0.15, 0.2) is 0 Å². The third kappa shape index (κ3) is 5.59. The molecule has 1 aromatic heterocycles. The first-order valence-electron chi connectivity index (χ1n) is 9.54. The first-order chi connectivity index (χ1) is 14.5.